The van der Waals surface area contributed by atoms with Gasteiger partial charge < -0.3 is 0 Å². The molecule has 0 aromatic heterocycles. The van der Waals surface area contributed by atoms with E-state index >= 15 is 0 Å². The molecule has 0 saturated carbocycles. The number of allylic oxidation sites excluding steroid dienone is 4. The molecule has 0 aliphatic rings. The van der Waals surface area contributed by atoms with Gasteiger partial charge in [0.25, 0.3) is 0 Å². The Morgan fingerprint density at radius 2 is 1.87 bits per heavy atom. The molecule has 84 valence electrons. The molecular weight excluding hydrogens is 188 g/mol. The van der Waals surface area contributed by atoms with Crippen molar-refractivity contribution in [3.05, 3.63) is 23.8 Å². The molecule has 0 aromatic carbocycles. The third-order valence-corrected chi connectivity index (χ3v) is 2.06. The topological polar surface area (TPSA) is 34.1 Å². The lowest BCUT2D eigenvalue weighted by Crippen LogP contribution is -1.99. The smallest absolute Gasteiger partial charge is 0.188 e. The Hall–Kier alpha value is -1.18. The summed E-state index contributed by atoms with van der Waals surface area (Å²) < 4.78 is 0. The summed E-state index contributed by atoms with van der Waals surface area (Å²) in [6, 6.07) is 0. The van der Waals surface area contributed by atoms with Crippen molar-refractivity contribution in [2.24, 2.45) is 0 Å². The molecule has 2 nitrogen and oxygen atoms in total. The number of rotatable bonds is 8. The SMILES string of the molecule is CCCC=C(C=O)C(=O)C=CCCCC. The molecule has 0 heterocycles. The van der Waals surface area contributed by atoms with Gasteiger partial charge in [0.1, 0.15) is 0 Å². The van der Waals surface area contributed by atoms with Crippen molar-refractivity contribution in [2.45, 2.75) is 46.0 Å². The molecule has 0 unspecified atom stereocenters. The zero-order valence-corrected chi connectivity index (χ0v) is 9.66. The summed E-state index contributed by atoms with van der Waals surface area (Å²) in [7, 11) is 0. The van der Waals surface area contributed by atoms with E-state index in [9.17, 15) is 9.59 Å². The van der Waals surface area contributed by atoms with Gasteiger partial charge in [0.15, 0.2) is 12.1 Å². The van der Waals surface area contributed by atoms with Gasteiger partial charge in [-0.3, -0.25) is 9.59 Å². The van der Waals surface area contributed by atoms with Gasteiger partial charge >= 0.3 is 0 Å². The quantitative estimate of drug-likeness (QED) is 0.202. The van der Waals surface area contributed by atoms with Gasteiger partial charge in [0, 0.05) is 0 Å². The normalized spacial score (nSPS) is 12.0. The lowest BCUT2D eigenvalue weighted by molar-refractivity contribution is -0.114. The first-order valence-corrected chi connectivity index (χ1v) is 5.62. The summed E-state index contributed by atoms with van der Waals surface area (Å²) in [5.41, 5.74) is 0.282. The van der Waals surface area contributed by atoms with E-state index < -0.39 is 0 Å². The fourth-order valence-corrected chi connectivity index (χ4v) is 1.12. The maximum absolute atomic E-state index is 11.5. The lowest BCUT2D eigenvalue weighted by atomic mass is 10.1. The second-order valence-corrected chi connectivity index (χ2v) is 3.47. The van der Waals surface area contributed by atoms with Crippen LogP contribution in [0.1, 0.15) is 46.0 Å². The molecule has 0 amide bonds. The average Bonchev–Trinajstić information content (AvgIpc) is 2.25. The Morgan fingerprint density at radius 3 is 2.40 bits per heavy atom. The number of ketones is 1. The first kappa shape index (κ1) is 13.8. The number of aldehydes is 1. The van der Waals surface area contributed by atoms with Crippen LogP contribution in [0.25, 0.3) is 0 Å². The van der Waals surface area contributed by atoms with Crippen LogP contribution >= 0.6 is 0 Å². The van der Waals surface area contributed by atoms with Crippen molar-refractivity contribution in [3.63, 3.8) is 0 Å². The molecule has 0 aromatic rings. The largest absolute Gasteiger partial charge is 0.298 e. The highest BCUT2D eigenvalue weighted by atomic mass is 16.1. The molecule has 0 bridgehead atoms. The summed E-state index contributed by atoms with van der Waals surface area (Å²) in [5, 5.41) is 0. The number of carbonyl (C=O) groups excluding carboxylic acids is 2. The van der Waals surface area contributed by atoms with Crippen molar-refractivity contribution in [1.29, 1.82) is 0 Å². The van der Waals surface area contributed by atoms with Gasteiger partial charge in [-0.1, -0.05) is 45.3 Å². The fourth-order valence-electron chi connectivity index (χ4n) is 1.12. The highest BCUT2D eigenvalue weighted by Crippen LogP contribution is 2.01. The zero-order valence-electron chi connectivity index (χ0n) is 9.66. The summed E-state index contributed by atoms with van der Waals surface area (Å²) in [6.07, 6.45) is 10.5. The lowest BCUT2D eigenvalue weighted by Gasteiger charge is -1.93. The molecule has 0 atom stereocenters. The summed E-state index contributed by atoms with van der Waals surface area (Å²) in [4.78, 5) is 22.1. The molecule has 0 radical (unpaired) electrons. The monoisotopic (exact) mass is 208 g/mol. The van der Waals surface area contributed by atoms with Crippen molar-refractivity contribution >= 4 is 12.1 Å². The van der Waals surface area contributed by atoms with Gasteiger partial charge in [-0.05, 0) is 18.9 Å². The minimum absolute atomic E-state index is 0.172. The van der Waals surface area contributed by atoms with E-state index in [0.29, 0.717) is 6.29 Å². The van der Waals surface area contributed by atoms with E-state index in [-0.39, 0.29) is 11.4 Å². The van der Waals surface area contributed by atoms with E-state index in [1.807, 2.05) is 13.0 Å². The Balaban J connectivity index is 4.15. The van der Waals surface area contributed by atoms with Crippen LogP contribution in [0.15, 0.2) is 23.8 Å². The maximum Gasteiger partial charge on any atom is 0.188 e. The standard InChI is InChI=1S/C13H20O2/c1-3-5-7-8-10-13(15)12(11-14)9-6-4-2/h8-11H,3-7H2,1-2H3. The predicted molar refractivity (Wildman–Crippen MR) is 62.7 cm³/mol. The van der Waals surface area contributed by atoms with Gasteiger partial charge in [-0.25, -0.2) is 0 Å². The Bertz CT molecular complexity index is 249. The van der Waals surface area contributed by atoms with Crippen LogP contribution in [0.4, 0.5) is 0 Å². The second kappa shape index (κ2) is 9.38. The Morgan fingerprint density at radius 1 is 1.13 bits per heavy atom. The molecule has 0 aliphatic heterocycles. The van der Waals surface area contributed by atoms with Gasteiger partial charge in [0.05, 0.1) is 5.57 Å². The van der Waals surface area contributed by atoms with E-state index in [0.717, 1.165) is 32.1 Å². The highest BCUT2D eigenvalue weighted by molar-refractivity contribution is 6.17. The Kier molecular flexibility index (Phi) is 8.64. The summed E-state index contributed by atoms with van der Waals surface area (Å²) in [6.45, 7) is 4.12. The number of unbranched alkanes of at least 4 members (excludes halogenated alkanes) is 3. The van der Waals surface area contributed by atoms with Crippen LogP contribution in [0.3, 0.4) is 0 Å². The molecule has 15 heavy (non-hydrogen) atoms. The minimum Gasteiger partial charge on any atom is -0.298 e. The molecule has 0 saturated heterocycles. The third kappa shape index (κ3) is 6.83. The molecule has 0 aliphatic carbocycles. The third-order valence-electron chi connectivity index (χ3n) is 2.06. The maximum atomic E-state index is 11.5. The zero-order chi connectivity index (χ0) is 11.5. The molecule has 0 N–H and O–H groups in total. The minimum atomic E-state index is -0.172. The summed E-state index contributed by atoms with van der Waals surface area (Å²) in [5.74, 6) is -0.172. The van der Waals surface area contributed by atoms with Crippen molar-refractivity contribution in [1.82, 2.24) is 0 Å². The average molecular weight is 208 g/mol. The van der Waals surface area contributed by atoms with Crippen LogP contribution in [-0.2, 0) is 9.59 Å². The first-order chi connectivity index (χ1) is 7.26. The van der Waals surface area contributed by atoms with Crippen LogP contribution in [-0.4, -0.2) is 12.1 Å². The second-order valence-electron chi connectivity index (χ2n) is 3.47. The Labute approximate surface area is 92.1 Å². The number of carbonyl (C=O) groups is 2. The van der Waals surface area contributed by atoms with E-state index in [2.05, 4.69) is 6.92 Å². The van der Waals surface area contributed by atoms with Crippen LogP contribution in [0, 0.1) is 0 Å². The van der Waals surface area contributed by atoms with Crippen molar-refractivity contribution in [2.75, 3.05) is 0 Å². The van der Waals surface area contributed by atoms with Crippen molar-refractivity contribution in [3.8, 4) is 0 Å². The van der Waals surface area contributed by atoms with E-state index in [1.165, 1.54) is 6.08 Å². The highest BCUT2D eigenvalue weighted by Gasteiger charge is 2.02. The van der Waals surface area contributed by atoms with E-state index in [4.69, 9.17) is 0 Å². The molecular formula is C13H20O2. The van der Waals surface area contributed by atoms with Crippen LogP contribution in [0.5, 0.6) is 0 Å². The van der Waals surface area contributed by atoms with Gasteiger partial charge in [0.2, 0.25) is 0 Å². The fraction of sp³-hybridized carbons (Fsp3) is 0.538. The molecule has 0 fully saturated rings. The van der Waals surface area contributed by atoms with Gasteiger partial charge in [-0.2, -0.15) is 0 Å². The van der Waals surface area contributed by atoms with Crippen LogP contribution < -0.4 is 0 Å². The first-order valence-electron chi connectivity index (χ1n) is 5.62. The number of hydrogen-bond donors (Lipinski definition) is 0. The van der Waals surface area contributed by atoms with Gasteiger partial charge in [-0.15, -0.1) is 0 Å². The summed E-state index contributed by atoms with van der Waals surface area (Å²) >= 11 is 0. The molecule has 2 heteroatoms. The van der Waals surface area contributed by atoms with E-state index in [1.54, 1.807) is 6.08 Å². The van der Waals surface area contributed by atoms with Crippen molar-refractivity contribution < 1.29 is 9.59 Å². The molecule has 0 rings (SSSR count). The number of hydrogen-bond acceptors (Lipinski definition) is 2. The van der Waals surface area contributed by atoms with Crippen LogP contribution in [0.2, 0.25) is 0 Å². The predicted octanol–water partition coefficient (Wildman–Crippen LogP) is 3.23. The molecule has 0 spiro atoms.